The van der Waals surface area contributed by atoms with Gasteiger partial charge in [0.25, 0.3) is 0 Å². The van der Waals surface area contributed by atoms with Gasteiger partial charge in [-0.05, 0) is 37.1 Å². The van der Waals surface area contributed by atoms with Gasteiger partial charge in [-0.3, -0.25) is 0 Å². The van der Waals surface area contributed by atoms with Gasteiger partial charge in [0.15, 0.2) is 0 Å². The molecule has 2 rings (SSSR count). The van der Waals surface area contributed by atoms with Crippen molar-refractivity contribution in [2.24, 2.45) is 0 Å². The fourth-order valence-corrected chi connectivity index (χ4v) is 2.22. The van der Waals surface area contributed by atoms with E-state index < -0.39 is 0 Å². The van der Waals surface area contributed by atoms with Crippen molar-refractivity contribution in [3.05, 3.63) is 45.9 Å². The summed E-state index contributed by atoms with van der Waals surface area (Å²) in [7, 11) is 0. The van der Waals surface area contributed by atoms with Crippen LogP contribution in [-0.4, -0.2) is 11.5 Å². The van der Waals surface area contributed by atoms with E-state index in [1.165, 1.54) is 5.56 Å². The average Bonchev–Trinajstić information content (AvgIpc) is 2.44. The Hall–Kier alpha value is -1.45. The number of nitrogens with zero attached hydrogens (tertiary/aromatic N) is 1. The molecule has 2 aromatic rings. The van der Waals surface area contributed by atoms with Crippen molar-refractivity contribution in [3.63, 3.8) is 0 Å². The third kappa shape index (κ3) is 3.56. The first-order chi connectivity index (χ1) is 9.63. The summed E-state index contributed by atoms with van der Waals surface area (Å²) in [6, 6.07) is 9.47. The number of halogens is 2. The highest BCUT2D eigenvalue weighted by molar-refractivity contribution is 6.36. The van der Waals surface area contributed by atoms with Gasteiger partial charge in [-0.15, -0.1) is 0 Å². The molecule has 0 atom stereocenters. The normalized spacial score (nSPS) is 10.4. The van der Waals surface area contributed by atoms with E-state index in [1.807, 2.05) is 31.2 Å². The molecule has 0 fully saturated rings. The standard InChI is InChI=1S/C15H16Cl2N2O/c1-3-10-6-5-7-11(8-10)20-15-13(17)9-12(16)14(19-15)18-4-2/h5-9H,3-4H2,1-2H3,(H,18,19). The van der Waals surface area contributed by atoms with Crippen molar-refractivity contribution in [1.82, 2.24) is 4.98 Å². The van der Waals surface area contributed by atoms with Gasteiger partial charge in [-0.2, -0.15) is 4.98 Å². The number of rotatable bonds is 5. The van der Waals surface area contributed by atoms with Gasteiger partial charge in [0.2, 0.25) is 5.88 Å². The van der Waals surface area contributed by atoms with Crippen molar-refractivity contribution in [1.29, 1.82) is 0 Å². The first-order valence-electron chi connectivity index (χ1n) is 6.50. The highest BCUT2D eigenvalue weighted by Gasteiger charge is 2.11. The van der Waals surface area contributed by atoms with Gasteiger partial charge < -0.3 is 10.1 Å². The number of aryl methyl sites for hydroxylation is 1. The molecule has 1 aromatic carbocycles. The molecule has 0 saturated heterocycles. The molecule has 0 aliphatic heterocycles. The molecule has 0 radical (unpaired) electrons. The predicted molar refractivity (Wildman–Crippen MR) is 84.3 cm³/mol. The second-order valence-electron chi connectivity index (χ2n) is 4.24. The number of aromatic nitrogens is 1. The summed E-state index contributed by atoms with van der Waals surface area (Å²) in [5.41, 5.74) is 1.19. The number of pyridine rings is 1. The van der Waals surface area contributed by atoms with Crippen LogP contribution in [0.15, 0.2) is 30.3 Å². The molecule has 0 saturated carbocycles. The summed E-state index contributed by atoms with van der Waals surface area (Å²) in [6.45, 7) is 4.78. The summed E-state index contributed by atoms with van der Waals surface area (Å²) < 4.78 is 5.75. The zero-order valence-electron chi connectivity index (χ0n) is 11.4. The lowest BCUT2D eigenvalue weighted by atomic mass is 10.2. The number of nitrogens with one attached hydrogen (secondary N) is 1. The van der Waals surface area contributed by atoms with Gasteiger partial charge in [0, 0.05) is 6.54 Å². The van der Waals surface area contributed by atoms with Crippen LogP contribution in [0.3, 0.4) is 0 Å². The molecule has 5 heteroatoms. The average molecular weight is 311 g/mol. The molecule has 0 aliphatic carbocycles. The van der Waals surface area contributed by atoms with Crippen molar-refractivity contribution < 1.29 is 4.74 Å². The van der Waals surface area contributed by atoms with Crippen LogP contribution >= 0.6 is 23.2 Å². The number of anilines is 1. The first-order valence-corrected chi connectivity index (χ1v) is 7.26. The molecule has 1 N–H and O–H groups in total. The van der Waals surface area contributed by atoms with Gasteiger partial charge >= 0.3 is 0 Å². The lowest BCUT2D eigenvalue weighted by Crippen LogP contribution is -2.01. The van der Waals surface area contributed by atoms with E-state index in [2.05, 4.69) is 17.2 Å². The molecule has 0 aliphatic rings. The Balaban J connectivity index is 2.30. The molecule has 106 valence electrons. The molecular weight excluding hydrogens is 295 g/mol. The SMILES string of the molecule is CCNc1nc(Oc2cccc(CC)c2)c(Cl)cc1Cl. The van der Waals surface area contributed by atoms with Crippen LogP contribution in [-0.2, 0) is 6.42 Å². The number of ether oxygens (including phenoxy) is 1. The van der Waals surface area contributed by atoms with Gasteiger partial charge in [-0.1, -0.05) is 42.3 Å². The van der Waals surface area contributed by atoms with Crippen LogP contribution in [0.1, 0.15) is 19.4 Å². The number of benzene rings is 1. The lowest BCUT2D eigenvalue weighted by molar-refractivity contribution is 0.463. The highest BCUT2D eigenvalue weighted by Crippen LogP contribution is 2.33. The van der Waals surface area contributed by atoms with Gasteiger partial charge in [-0.25, -0.2) is 0 Å². The Morgan fingerprint density at radius 2 is 1.95 bits per heavy atom. The van der Waals surface area contributed by atoms with Crippen LogP contribution in [0.2, 0.25) is 10.0 Å². The zero-order valence-corrected chi connectivity index (χ0v) is 12.9. The van der Waals surface area contributed by atoms with E-state index in [-0.39, 0.29) is 0 Å². The van der Waals surface area contributed by atoms with Crippen molar-refractivity contribution in [2.45, 2.75) is 20.3 Å². The van der Waals surface area contributed by atoms with Crippen LogP contribution in [0.4, 0.5) is 5.82 Å². The Labute approximate surface area is 128 Å². The molecule has 0 spiro atoms. The largest absolute Gasteiger partial charge is 0.437 e. The van der Waals surface area contributed by atoms with E-state index in [1.54, 1.807) is 6.07 Å². The third-order valence-electron chi connectivity index (χ3n) is 2.76. The van der Waals surface area contributed by atoms with Crippen molar-refractivity contribution >= 4 is 29.0 Å². The second-order valence-corrected chi connectivity index (χ2v) is 5.05. The Kier molecular flexibility index (Phi) is 5.10. The summed E-state index contributed by atoms with van der Waals surface area (Å²) in [5.74, 6) is 1.63. The van der Waals surface area contributed by atoms with E-state index in [4.69, 9.17) is 27.9 Å². The fraction of sp³-hybridized carbons (Fsp3) is 0.267. The summed E-state index contributed by atoms with van der Waals surface area (Å²) in [4.78, 5) is 4.32. The molecular formula is C15H16Cl2N2O. The Bertz CT molecular complexity index is 602. The smallest absolute Gasteiger partial charge is 0.240 e. The molecule has 0 bridgehead atoms. The second kappa shape index (κ2) is 6.82. The fourth-order valence-electron chi connectivity index (χ4n) is 1.75. The zero-order chi connectivity index (χ0) is 14.5. The van der Waals surface area contributed by atoms with Crippen LogP contribution in [0.25, 0.3) is 0 Å². The quantitative estimate of drug-likeness (QED) is 0.826. The van der Waals surface area contributed by atoms with Crippen LogP contribution in [0.5, 0.6) is 11.6 Å². The molecule has 20 heavy (non-hydrogen) atoms. The summed E-state index contributed by atoms with van der Waals surface area (Å²) in [5, 5.41) is 3.94. The van der Waals surface area contributed by atoms with E-state index in [0.29, 0.717) is 27.5 Å². The summed E-state index contributed by atoms with van der Waals surface area (Å²) >= 11 is 12.2. The molecule has 3 nitrogen and oxygen atoms in total. The van der Waals surface area contributed by atoms with Crippen molar-refractivity contribution in [2.75, 3.05) is 11.9 Å². The highest BCUT2D eigenvalue weighted by atomic mass is 35.5. The third-order valence-corrected chi connectivity index (χ3v) is 3.32. The predicted octanol–water partition coefficient (Wildman–Crippen LogP) is 5.17. The van der Waals surface area contributed by atoms with E-state index >= 15 is 0 Å². The number of hydrogen-bond acceptors (Lipinski definition) is 3. The molecule has 1 heterocycles. The molecule has 0 amide bonds. The van der Waals surface area contributed by atoms with Gasteiger partial charge in [0.05, 0.1) is 5.02 Å². The van der Waals surface area contributed by atoms with Gasteiger partial charge in [0.1, 0.15) is 16.6 Å². The van der Waals surface area contributed by atoms with Crippen molar-refractivity contribution in [3.8, 4) is 11.6 Å². The summed E-state index contributed by atoms with van der Waals surface area (Å²) in [6.07, 6.45) is 0.946. The minimum absolute atomic E-state index is 0.347. The maximum Gasteiger partial charge on any atom is 0.240 e. The lowest BCUT2D eigenvalue weighted by Gasteiger charge is -2.11. The Morgan fingerprint density at radius 3 is 2.65 bits per heavy atom. The maximum atomic E-state index is 6.13. The first kappa shape index (κ1) is 14.9. The minimum Gasteiger partial charge on any atom is -0.437 e. The topological polar surface area (TPSA) is 34.2 Å². The monoisotopic (exact) mass is 310 g/mol. The minimum atomic E-state index is 0.347. The van der Waals surface area contributed by atoms with E-state index in [0.717, 1.165) is 13.0 Å². The number of hydrogen-bond donors (Lipinski definition) is 1. The molecule has 1 aromatic heterocycles. The molecule has 0 unspecified atom stereocenters. The maximum absolute atomic E-state index is 6.13. The van der Waals surface area contributed by atoms with Crippen LogP contribution in [0, 0.1) is 0 Å². The van der Waals surface area contributed by atoms with Crippen LogP contribution < -0.4 is 10.1 Å². The van der Waals surface area contributed by atoms with E-state index in [9.17, 15) is 0 Å². The Morgan fingerprint density at radius 1 is 1.15 bits per heavy atom.